The van der Waals surface area contributed by atoms with Gasteiger partial charge in [0, 0.05) is 19.9 Å². The molecular formula is C12H12N4O3S. The summed E-state index contributed by atoms with van der Waals surface area (Å²) in [6.07, 6.45) is 0.311. The summed E-state index contributed by atoms with van der Waals surface area (Å²) in [6.45, 7) is 1.78. The van der Waals surface area contributed by atoms with Crippen LogP contribution in [0.15, 0.2) is 33.7 Å². The Morgan fingerprint density at radius 3 is 2.80 bits per heavy atom. The second-order valence-electron chi connectivity index (χ2n) is 3.99. The second kappa shape index (κ2) is 5.81. The van der Waals surface area contributed by atoms with Crippen LogP contribution in [0.5, 0.6) is 0 Å². The monoisotopic (exact) mass is 292 g/mol. The van der Waals surface area contributed by atoms with Crippen LogP contribution >= 0.6 is 0 Å². The van der Waals surface area contributed by atoms with Crippen LogP contribution < -0.4 is 4.72 Å². The predicted octanol–water partition coefficient (Wildman–Crippen LogP) is 0.771. The standard InChI is InChI=1S/C12H12N4O3S/c1-9-15-12(16-19-9)6-7-14-20(17,18)11-5-3-2-4-10(11)8-13/h2-5,14H,6-7H2,1H3. The molecule has 0 radical (unpaired) electrons. The van der Waals surface area contributed by atoms with Crippen molar-refractivity contribution in [2.75, 3.05) is 6.54 Å². The minimum absolute atomic E-state index is 0.0354. The molecule has 0 aliphatic heterocycles. The van der Waals surface area contributed by atoms with Crippen LogP contribution in [0.2, 0.25) is 0 Å². The number of aryl methyl sites for hydroxylation is 1. The van der Waals surface area contributed by atoms with Crippen molar-refractivity contribution >= 4 is 10.0 Å². The van der Waals surface area contributed by atoms with Crippen LogP contribution in [0.25, 0.3) is 0 Å². The van der Waals surface area contributed by atoms with Crippen LogP contribution in [-0.2, 0) is 16.4 Å². The fourth-order valence-electron chi connectivity index (χ4n) is 1.61. The highest BCUT2D eigenvalue weighted by Gasteiger charge is 2.17. The van der Waals surface area contributed by atoms with E-state index >= 15 is 0 Å². The maximum atomic E-state index is 12.1. The molecule has 1 aromatic carbocycles. The van der Waals surface area contributed by atoms with Crippen molar-refractivity contribution in [1.82, 2.24) is 14.9 Å². The van der Waals surface area contributed by atoms with Gasteiger partial charge in [0.1, 0.15) is 6.07 Å². The minimum Gasteiger partial charge on any atom is -0.340 e. The number of nitrogens with one attached hydrogen (secondary N) is 1. The lowest BCUT2D eigenvalue weighted by atomic mass is 10.2. The van der Waals surface area contributed by atoms with Crippen molar-refractivity contribution in [3.8, 4) is 6.07 Å². The molecule has 20 heavy (non-hydrogen) atoms. The van der Waals surface area contributed by atoms with E-state index in [4.69, 9.17) is 9.78 Å². The molecule has 0 aliphatic rings. The SMILES string of the molecule is Cc1nc(CCNS(=O)(=O)c2ccccc2C#N)no1. The summed E-state index contributed by atoms with van der Waals surface area (Å²) in [5, 5.41) is 12.6. The molecule has 1 aromatic heterocycles. The molecule has 0 saturated carbocycles. The Balaban J connectivity index is 2.06. The van der Waals surface area contributed by atoms with E-state index in [9.17, 15) is 8.42 Å². The molecule has 0 unspecified atom stereocenters. The molecule has 2 aromatic rings. The van der Waals surface area contributed by atoms with E-state index in [-0.39, 0.29) is 17.0 Å². The molecule has 7 nitrogen and oxygen atoms in total. The molecule has 0 aliphatic carbocycles. The van der Waals surface area contributed by atoms with Gasteiger partial charge >= 0.3 is 0 Å². The van der Waals surface area contributed by atoms with Gasteiger partial charge < -0.3 is 4.52 Å². The first kappa shape index (κ1) is 14.2. The summed E-state index contributed by atoms with van der Waals surface area (Å²) >= 11 is 0. The number of aromatic nitrogens is 2. The van der Waals surface area contributed by atoms with E-state index in [1.165, 1.54) is 12.1 Å². The van der Waals surface area contributed by atoms with Gasteiger partial charge in [-0.15, -0.1) is 0 Å². The molecule has 104 valence electrons. The van der Waals surface area contributed by atoms with Crippen LogP contribution in [0.1, 0.15) is 17.3 Å². The van der Waals surface area contributed by atoms with Gasteiger partial charge in [-0.2, -0.15) is 10.2 Å². The summed E-state index contributed by atoms with van der Waals surface area (Å²) in [4.78, 5) is 3.94. The highest BCUT2D eigenvalue weighted by molar-refractivity contribution is 7.89. The van der Waals surface area contributed by atoms with Crippen molar-refractivity contribution < 1.29 is 12.9 Å². The molecule has 0 fully saturated rings. The fourth-order valence-corrected chi connectivity index (χ4v) is 2.80. The zero-order chi connectivity index (χ0) is 14.6. The highest BCUT2D eigenvalue weighted by atomic mass is 32.2. The molecule has 1 heterocycles. The molecule has 2 rings (SSSR count). The number of hydrogen-bond acceptors (Lipinski definition) is 6. The van der Waals surface area contributed by atoms with Crippen LogP contribution in [-0.4, -0.2) is 25.1 Å². The first-order valence-electron chi connectivity index (χ1n) is 5.81. The zero-order valence-corrected chi connectivity index (χ0v) is 11.5. The number of sulfonamides is 1. The lowest BCUT2D eigenvalue weighted by molar-refractivity contribution is 0.387. The topological polar surface area (TPSA) is 109 Å². The maximum Gasteiger partial charge on any atom is 0.241 e. The van der Waals surface area contributed by atoms with Crippen molar-refractivity contribution in [3.05, 3.63) is 41.5 Å². The Labute approximate surface area is 116 Å². The van der Waals surface area contributed by atoms with Crippen LogP contribution in [0.3, 0.4) is 0 Å². The predicted molar refractivity (Wildman–Crippen MR) is 69.1 cm³/mol. The van der Waals surface area contributed by atoms with Crippen molar-refractivity contribution in [3.63, 3.8) is 0 Å². The Bertz CT molecular complexity index is 746. The maximum absolute atomic E-state index is 12.1. The number of benzene rings is 1. The summed E-state index contributed by atoms with van der Waals surface area (Å²) < 4.78 is 31.4. The third-order valence-electron chi connectivity index (χ3n) is 2.51. The first-order chi connectivity index (χ1) is 9.53. The summed E-state index contributed by atoms with van der Waals surface area (Å²) in [5.74, 6) is 0.858. The first-order valence-corrected chi connectivity index (χ1v) is 7.29. The summed E-state index contributed by atoms with van der Waals surface area (Å²) in [7, 11) is -3.73. The van der Waals surface area contributed by atoms with E-state index in [2.05, 4.69) is 14.9 Å². The van der Waals surface area contributed by atoms with Crippen LogP contribution in [0, 0.1) is 18.3 Å². The average molecular weight is 292 g/mol. The normalized spacial score (nSPS) is 11.2. The molecular weight excluding hydrogens is 280 g/mol. The third kappa shape index (κ3) is 3.20. The molecule has 0 saturated heterocycles. The van der Waals surface area contributed by atoms with E-state index in [0.717, 1.165) is 0 Å². The van der Waals surface area contributed by atoms with Crippen molar-refractivity contribution in [2.24, 2.45) is 0 Å². The van der Waals surface area contributed by atoms with Crippen molar-refractivity contribution in [2.45, 2.75) is 18.2 Å². The Kier molecular flexibility index (Phi) is 4.12. The van der Waals surface area contributed by atoms with E-state index in [1.807, 2.05) is 6.07 Å². The smallest absolute Gasteiger partial charge is 0.241 e. The van der Waals surface area contributed by atoms with Gasteiger partial charge in [-0.25, -0.2) is 13.1 Å². The molecule has 8 heteroatoms. The van der Waals surface area contributed by atoms with Crippen LogP contribution in [0.4, 0.5) is 0 Å². The van der Waals surface area contributed by atoms with Gasteiger partial charge in [0.2, 0.25) is 15.9 Å². The van der Waals surface area contributed by atoms with E-state index in [1.54, 1.807) is 19.1 Å². The van der Waals surface area contributed by atoms with Gasteiger partial charge in [0.05, 0.1) is 10.5 Å². The van der Waals surface area contributed by atoms with Crippen molar-refractivity contribution in [1.29, 1.82) is 5.26 Å². The fraction of sp³-hybridized carbons (Fsp3) is 0.250. The average Bonchev–Trinajstić information content (AvgIpc) is 2.84. The Hall–Kier alpha value is -2.24. The van der Waals surface area contributed by atoms with E-state index < -0.39 is 10.0 Å². The Morgan fingerprint density at radius 1 is 1.40 bits per heavy atom. The van der Waals surface area contributed by atoms with Gasteiger partial charge in [-0.1, -0.05) is 17.3 Å². The summed E-state index contributed by atoms with van der Waals surface area (Å²) in [6, 6.07) is 7.88. The highest BCUT2D eigenvalue weighted by Crippen LogP contribution is 2.13. The van der Waals surface area contributed by atoms with Gasteiger partial charge in [0.15, 0.2) is 5.82 Å². The summed E-state index contributed by atoms with van der Waals surface area (Å²) in [5.41, 5.74) is 0.107. The zero-order valence-electron chi connectivity index (χ0n) is 10.7. The largest absolute Gasteiger partial charge is 0.340 e. The number of rotatable bonds is 5. The number of nitrogens with zero attached hydrogens (tertiary/aromatic N) is 3. The lowest BCUT2D eigenvalue weighted by Crippen LogP contribution is -2.26. The lowest BCUT2D eigenvalue weighted by Gasteiger charge is -2.06. The van der Waals surface area contributed by atoms with Gasteiger partial charge in [-0.3, -0.25) is 0 Å². The molecule has 0 atom stereocenters. The molecule has 0 bridgehead atoms. The minimum atomic E-state index is -3.73. The Morgan fingerprint density at radius 2 is 2.15 bits per heavy atom. The van der Waals surface area contributed by atoms with Gasteiger partial charge in [0.25, 0.3) is 0 Å². The number of nitriles is 1. The molecule has 1 N–H and O–H groups in total. The van der Waals surface area contributed by atoms with E-state index in [0.29, 0.717) is 18.1 Å². The second-order valence-corrected chi connectivity index (χ2v) is 5.72. The number of hydrogen-bond donors (Lipinski definition) is 1. The quantitative estimate of drug-likeness (QED) is 0.871. The third-order valence-corrected chi connectivity index (χ3v) is 4.03. The van der Waals surface area contributed by atoms with Gasteiger partial charge in [-0.05, 0) is 12.1 Å². The molecule has 0 amide bonds. The molecule has 0 spiro atoms.